The number of halogens is 3. The maximum Gasteiger partial charge on any atom is 0.294 e. The van der Waals surface area contributed by atoms with Crippen LogP contribution in [0.5, 0.6) is 0 Å². The molecule has 0 saturated heterocycles. The van der Waals surface area contributed by atoms with Gasteiger partial charge in [-0.15, -0.1) is 24.8 Å². The molecule has 0 unspecified atom stereocenters. The summed E-state index contributed by atoms with van der Waals surface area (Å²) in [7, 11) is 0. The van der Waals surface area contributed by atoms with E-state index in [2.05, 4.69) is 30.9 Å². The molecule has 4 aromatic rings. The van der Waals surface area contributed by atoms with Gasteiger partial charge < -0.3 is 20.4 Å². The Balaban J connectivity index is 0.00000190. The van der Waals surface area contributed by atoms with E-state index >= 15 is 0 Å². The van der Waals surface area contributed by atoms with Gasteiger partial charge >= 0.3 is 0 Å². The minimum absolute atomic E-state index is 0. The molecule has 3 N–H and O–H groups in total. The molecule has 194 valence electrons. The third-order valence-electron chi connectivity index (χ3n) is 6.02. The van der Waals surface area contributed by atoms with Gasteiger partial charge in [0.25, 0.3) is 5.91 Å². The molecule has 5 rings (SSSR count). The number of carbonyl (C=O) groups is 2. The van der Waals surface area contributed by atoms with Crippen molar-refractivity contribution in [2.45, 2.75) is 31.7 Å². The van der Waals surface area contributed by atoms with Crippen LogP contribution in [0.3, 0.4) is 0 Å². The number of anilines is 3. The molecule has 12 heteroatoms. The first-order valence-electron chi connectivity index (χ1n) is 11.4. The van der Waals surface area contributed by atoms with Gasteiger partial charge in [-0.25, -0.2) is 15.0 Å². The summed E-state index contributed by atoms with van der Waals surface area (Å²) in [6.07, 6.45) is 7.88. The third-order valence-corrected chi connectivity index (χ3v) is 6.24. The predicted molar refractivity (Wildman–Crippen MR) is 148 cm³/mol. The summed E-state index contributed by atoms with van der Waals surface area (Å²) >= 11 is 5.87. The summed E-state index contributed by atoms with van der Waals surface area (Å²) in [6.45, 7) is 0. The molecule has 0 bridgehead atoms. The van der Waals surface area contributed by atoms with Crippen LogP contribution in [0.4, 0.5) is 17.5 Å². The highest BCUT2D eigenvalue weighted by Crippen LogP contribution is 2.33. The maximum absolute atomic E-state index is 13.2. The molecule has 0 atom stereocenters. The van der Waals surface area contributed by atoms with Crippen molar-refractivity contribution in [2.75, 3.05) is 16.0 Å². The molecule has 1 aliphatic carbocycles. The summed E-state index contributed by atoms with van der Waals surface area (Å²) in [5.41, 5.74) is 0.864. The normalized spacial score (nSPS) is 16.7. The van der Waals surface area contributed by atoms with E-state index in [0.717, 1.165) is 12.8 Å². The second-order valence-electron chi connectivity index (χ2n) is 8.37. The number of aromatic nitrogens is 3. The van der Waals surface area contributed by atoms with Gasteiger partial charge in [0.2, 0.25) is 17.6 Å². The molecule has 3 heterocycles. The minimum Gasteiger partial charge on any atom is -0.449 e. The van der Waals surface area contributed by atoms with Gasteiger partial charge in [0, 0.05) is 35.9 Å². The number of carbonyl (C=O) groups excluding carboxylic acids is 2. The number of nitrogens with one attached hydrogen (secondary N) is 3. The van der Waals surface area contributed by atoms with Gasteiger partial charge in [-0.2, -0.15) is 0 Å². The quantitative estimate of drug-likeness (QED) is 0.264. The van der Waals surface area contributed by atoms with E-state index in [4.69, 9.17) is 16.0 Å². The molecule has 37 heavy (non-hydrogen) atoms. The highest BCUT2D eigenvalue weighted by molar-refractivity contribution is 6.30. The zero-order chi connectivity index (χ0) is 24.2. The largest absolute Gasteiger partial charge is 0.449 e. The first kappa shape index (κ1) is 28.2. The van der Waals surface area contributed by atoms with E-state index in [0.29, 0.717) is 46.3 Å². The second kappa shape index (κ2) is 12.7. The fraction of sp³-hybridized carbons (Fsp3) is 0.240. The number of amides is 2. The molecule has 1 saturated carbocycles. The van der Waals surface area contributed by atoms with Crippen LogP contribution in [-0.4, -0.2) is 32.8 Å². The monoisotopic (exact) mass is 562 g/mol. The molecular weight excluding hydrogens is 539 g/mol. The Hall–Kier alpha value is -3.40. The number of furan rings is 1. The maximum atomic E-state index is 13.2. The van der Waals surface area contributed by atoms with Crippen LogP contribution in [0.2, 0.25) is 5.02 Å². The lowest BCUT2D eigenvalue weighted by Crippen LogP contribution is -2.32. The zero-order valence-corrected chi connectivity index (χ0v) is 21.9. The minimum atomic E-state index is -0.512. The number of hydrogen-bond acceptors (Lipinski definition) is 7. The van der Waals surface area contributed by atoms with E-state index in [-0.39, 0.29) is 48.4 Å². The summed E-state index contributed by atoms with van der Waals surface area (Å²) in [5.74, 6) is 0.119. The van der Waals surface area contributed by atoms with Gasteiger partial charge in [-0.05, 0) is 56.0 Å². The van der Waals surface area contributed by atoms with E-state index in [1.807, 2.05) is 18.2 Å². The highest BCUT2D eigenvalue weighted by atomic mass is 35.5. The fourth-order valence-electron chi connectivity index (χ4n) is 4.23. The summed E-state index contributed by atoms with van der Waals surface area (Å²) in [5, 5.41) is 10.1. The van der Waals surface area contributed by atoms with Crippen LogP contribution in [-0.2, 0) is 4.79 Å². The van der Waals surface area contributed by atoms with E-state index in [1.165, 1.54) is 6.20 Å². The molecule has 2 amide bonds. The van der Waals surface area contributed by atoms with Crippen molar-refractivity contribution < 1.29 is 14.0 Å². The van der Waals surface area contributed by atoms with Crippen molar-refractivity contribution in [1.29, 1.82) is 0 Å². The molecule has 1 aliphatic rings. The van der Waals surface area contributed by atoms with Gasteiger partial charge in [0.05, 0.1) is 5.02 Å². The SMILES string of the molecule is Cl.Cl.O=C(Nc1ccc(Cl)cn1)c1oc2ccccc2c1NC(=O)C1CCC(Nc2ncccn2)CC1. The van der Waals surface area contributed by atoms with Crippen LogP contribution in [0.25, 0.3) is 11.0 Å². The Morgan fingerprint density at radius 2 is 1.62 bits per heavy atom. The average molecular weight is 564 g/mol. The van der Waals surface area contributed by atoms with Crippen molar-refractivity contribution in [3.63, 3.8) is 0 Å². The topological polar surface area (TPSA) is 122 Å². The summed E-state index contributed by atoms with van der Waals surface area (Å²) < 4.78 is 5.82. The van der Waals surface area contributed by atoms with E-state index < -0.39 is 5.91 Å². The lowest BCUT2D eigenvalue weighted by atomic mass is 9.85. The average Bonchev–Trinajstić information content (AvgIpc) is 3.25. The Morgan fingerprint density at radius 1 is 0.892 bits per heavy atom. The molecule has 9 nitrogen and oxygen atoms in total. The zero-order valence-electron chi connectivity index (χ0n) is 19.5. The van der Waals surface area contributed by atoms with Crippen molar-refractivity contribution in [3.8, 4) is 0 Å². The molecule has 3 aromatic heterocycles. The molecule has 0 radical (unpaired) electrons. The Bertz CT molecular complexity index is 1340. The van der Waals surface area contributed by atoms with E-state index in [1.54, 1.807) is 36.7 Å². The lowest BCUT2D eigenvalue weighted by molar-refractivity contribution is -0.120. The number of nitrogens with zero attached hydrogens (tertiary/aromatic N) is 3. The Morgan fingerprint density at radius 3 is 2.32 bits per heavy atom. The second-order valence-corrected chi connectivity index (χ2v) is 8.81. The van der Waals surface area contributed by atoms with Crippen LogP contribution >= 0.6 is 36.4 Å². The number of benzene rings is 1. The Kier molecular flexibility index (Phi) is 9.68. The number of hydrogen-bond donors (Lipinski definition) is 3. The van der Waals surface area contributed by atoms with Crippen molar-refractivity contribution in [2.24, 2.45) is 5.92 Å². The van der Waals surface area contributed by atoms with Crippen LogP contribution in [0.1, 0.15) is 36.2 Å². The van der Waals surface area contributed by atoms with Crippen molar-refractivity contribution >= 4 is 76.7 Å². The van der Waals surface area contributed by atoms with Crippen LogP contribution in [0, 0.1) is 5.92 Å². The number of fused-ring (bicyclic) bond motifs is 1. The van der Waals surface area contributed by atoms with Gasteiger partial charge in [-0.1, -0.05) is 23.7 Å². The summed E-state index contributed by atoms with van der Waals surface area (Å²) in [6, 6.07) is 12.4. The molecule has 0 spiro atoms. The first-order valence-corrected chi connectivity index (χ1v) is 11.7. The number of para-hydroxylation sites is 1. The number of rotatable bonds is 6. The first-order chi connectivity index (χ1) is 17.1. The molecule has 1 aromatic carbocycles. The van der Waals surface area contributed by atoms with Crippen LogP contribution in [0.15, 0.2) is 65.5 Å². The number of pyridine rings is 1. The third kappa shape index (κ3) is 6.68. The van der Waals surface area contributed by atoms with Gasteiger partial charge in [0.15, 0.2) is 0 Å². The van der Waals surface area contributed by atoms with Crippen molar-refractivity contribution in [1.82, 2.24) is 15.0 Å². The summed E-state index contributed by atoms with van der Waals surface area (Å²) in [4.78, 5) is 38.7. The van der Waals surface area contributed by atoms with Crippen molar-refractivity contribution in [3.05, 3.63) is 71.8 Å². The predicted octanol–water partition coefficient (Wildman–Crippen LogP) is 5.98. The lowest BCUT2D eigenvalue weighted by Gasteiger charge is -2.28. The van der Waals surface area contributed by atoms with Crippen LogP contribution < -0.4 is 16.0 Å². The smallest absolute Gasteiger partial charge is 0.294 e. The highest BCUT2D eigenvalue weighted by Gasteiger charge is 2.29. The Labute approximate surface area is 230 Å². The van der Waals surface area contributed by atoms with Gasteiger partial charge in [0.1, 0.15) is 17.1 Å². The standard InChI is InChI=1S/C25H23ClN6O3.2ClH/c26-16-8-11-20(29-14-16)31-24(34)22-21(18-4-1-2-5-19(18)35-22)32-23(33)15-6-9-17(10-7-15)30-25-27-12-3-13-28-25;;/h1-5,8,11-15,17H,6-7,9-10H2,(H,32,33)(H,27,28,30)(H,29,31,34);2*1H. The molecular formula is C25H25Cl3N6O3. The fourth-order valence-corrected chi connectivity index (χ4v) is 4.35. The molecule has 1 fully saturated rings. The van der Waals surface area contributed by atoms with E-state index in [9.17, 15) is 9.59 Å². The van der Waals surface area contributed by atoms with Gasteiger partial charge in [-0.3, -0.25) is 9.59 Å². The molecule has 0 aliphatic heterocycles.